The molecule has 0 bridgehead atoms. The maximum absolute atomic E-state index is 11.1. The highest BCUT2D eigenvalue weighted by molar-refractivity contribution is 7.86. The van der Waals surface area contributed by atoms with Gasteiger partial charge in [-0.05, 0) is 6.42 Å². The summed E-state index contributed by atoms with van der Waals surface area (Å²) in [5.41, 5.74) is 0. The molecular weight excluding hydrogens is 302 g/mol. The highest BCUT2D eigenvalue weighted by Crippen LogP contribution is 2.23. The van der Waals surface area contributed by atoms with E-state index in [0.717, 1.165) is 17.4 Å². The Morgan fingerprint density at radius 3 is 2.26 bits per heavy atom. The molecule has 19 heavy (non-hydrogen) atoms. The van der Waals surface area contributed by atoms with Crippen molar-refractivity contribution in [2.45, 2.75) is 18.6 Å². The zero-order valence-corrected chi connectivity index (χ0v) is 12.0. The fourth-order valence-electron chi connectivity index (χ4n) is 1.79. The third-order valence-electron chi connectivity index (χ3n) is 2.48. The third-order valence-corrected chi connectivity index (χ3v) is 3.64. The van der Waals surface area contributed by atoms with Gasteiger partial charge in [-0.15, -0.1) is 0 Å². The van der Waals surface area contributed by atoms with Crippen LogP contribution in [0.25, 0.3) is 0 Å². The van der Waals surface area contributed by atoms with Crippen LogP contribution in [0.15, 0.2) is 0 Å². The van der Waals surface area contributed by atoms with Gasteiger partial charge in [-0.25, -0.2) is 4.79 Å². The lowest BCUT2D eigenvalue weighted by molar-refractivity contribution is 0.0888. The fraction of sp³-hybridized carbons (Fsp3) is 0.875. The fourth-order valence-corrected chi connectivity index (χ4v) is 2.85. The topological polar surface area (TPSA) is 127 Å². The van der Waals surface area contributed by atoms with Gasteiger partial charge in [-0.1, -0.05) is 0 Å². The second-order valence-electron chi connectivity index (χ2n) is 4.16. The van der Waals surface area contributed by atoms with Crippen molar-refractivity contribution >= 4 is 26.3 Å². The number of carboxylic acid groups (broad SMARTS) is 1. The molecule has 1 fully saturated rings. The number of nitrogens with zero attached hydrogens (tertiary/aromatic N) is 1. The van der Waals surface area contributed by atoms with Crippen molar-refractivity contribution in [2.24, 2.45) is 0 Å². The van der Waals surface area contributed by atoms with Crippen molar-refractivity contribution < 1.29 is 35.1 Å². The molecule has 1 heterocycles. The number of hydrogen-bond donors (Lipinski definition) is 1. The Morgan fingerprint density at radius 1 is 1.26 bits per heavy atom. The van der Waals surface area contributed by atoms with Gasteiger partial charge in [0, 0.05) is 6.54 Å². The van der Waals surface area contributed by atoms with Crippen LogP contribution in [0.1, 0.15) is 6.42 Å². The zero-order chi connectivity index (χ0) is 14.8. The van der Waals surface area contributed by atoms with Gasteiger partial charge < -0.3 is 10.0 Å². The minimum Gasteiger partial charge on any atom is -0.465 e. The quantitative estimate of drug-likeness (QED) is 0.643. The summed E-state index contributed by atoms with van der Waals surface area (Å²) in [7, 11) is -7.52. The molecule has 1 amide bonds. The van der Waals surface area contributed by atoms with Crippen LogP contribution in [0.5, 0.6) is 0 Å². The van der Waals surface area contributed by atoms with Gasteiger partial charge in [0.2, 0.25) is 0 Å². The highest BCUT2D eigenvalue weighted by atomic mass is 32.2. The van der Waals surface area contributed by atoms with Crippen LogP contribution in [-0.2, 0) is 28.6 Å². The average molecular weight is 317 g/mol. The van der Waals surface area contributed by atoms with Crippen molar-refractivity contribution in [3.63, 3.8) is 0 Å². The maximum atomic E-state index is 11.1. The first-order valence-electron chi connectivity index (χ1n) is 5.22. The summed E-state index contributed by atoms with van der Waals surface area (Å²) in [5, 5.41) is 8.95. The Hall–Kier alpha value is -0.910. The van der Waals surface area contributed by atoms with Crippen molar-refractivity contribution in [2.75, 3.05) is 25.7 Å². The molecule has 11 heteroatoms. The van der Waals surface area contributed by atoms with Gasteiger partial charge in [0.25, 0.3) is 20.2 Å². The van der Waals surface area contributed by atoms with Crippen LogP contribution in [0.3, 0.4) is 0 Å². The summed E-state index contributed by atoms with van der Waals surface area (Å²) in [6.07, 6.45) is -0.434. The van der Waals surface area contributed by atoms with Crippen LogP contribution in [0.4, 0.5) is 4.79 Å². The van der Waals surface area contributed by atoms with Crippen molar-refractivity contribution in [1.29, 1.82) is 0 Å². The minimum atomic E-state index is -3.77. The summed E-state index contributed by atoms with van der Waals surface area (Å²) < 4.78 is 53.2. The van der Waals surface area contributed by atoms with Gasteiger partial charge in [0.15, 0.2) is 0 Å². The van der Waals surface area contributed by atoms with Crippen LogP contribution < -0.4 is 0 Å². The molecular formula is C8H15NO8S2. The van der Waals surface area contributed by atoms with Gasteiger partial charge in [-0.2, -0.15) is 16.8 Å². The largest absolute Gasteiger partial charge is 0.465 e. The molecule has 1 aliphatic rings. The third kappa shape index (κ3) is 5.30. The Balaban J connectivity index is 2.84. The smallest absolute Gasteiger partial charge is 0.407 e. The molecule has 0 aromatic rings. The van der Waals surface area contributed by atoms with E-state index in [-0.39, 0.29) is 13.0 Å². The van der Waals surface area contributed by atoms with E-state index < -0.39 is 45.1 Å². The summed E-state index contributed by atoms with van der Waals surface area (Å²) >= 11 is 0. The molecule has 9 nitrogen and oxygen atoms in total. The number of amides is 1. The second-order valence-corrected chi connectivity index (χ2v) is 7.40. The molecule has 112 valence electrons. The van der Waals surface area contributed by atoms with E-state index >= 15 is 0 Å². The molecule has 0 aliphatic carbocycles. The maximum Gasteiger partial charge on any atom is 0.407 e. The van der Waals surface area contributed by atoms with E-state index in [1.807, 2.05) is 0 Å². The summed E-state index contributed by atoms with van der Waals surface area (Å²) in [5.74, 6) is 0. The molecule has 1 unspecified atom stereocenters. The molecule has 0 spiro atoms. The lowest BCUT2D eigenvalue weighted by atomic mass is 10.2. The minimum absolute atomic E-state index is 0.0489. The van der Waals surface area contributed by atoms with Gasteiger partial charge in [0.1, 0.15) is 6.10 Å². The van der Waals surface area contributed by atoms with Gasteiger partial charge in [-0.3, -0.25) is 8.37 Å². The SMILES string of the molecule is CS(=O)(=O)OCC1[C@@H](OS(C)(=O)=O)CCN1C(=O)O. The molecule has 1 N–H and O–H groups in total. The predicted molar refractivity (Wildman–Crippen MR) is 63.6 cm³/mol. The first-order chi connectivity index (χ1) is 8.49. The molecule has 2 atom stereocenters. The van der Waals surface area contributed by atoms with E-state index in [1.54, 1.807) is 0 Å². The van der Waals surface area contributed by atoms with Gasteiger partial charge >= 0.3 is 6.09 Å². The van der Waals surface area contributed by atoms with E-state index in [9.17, 15) is 21.6 Å². The Kier molecular flexibility index (Phi) is 4.76. The highest BCUT2D eigenvalue weighted by Gasteiger charge is 2.40. The molecule has 1 saturated heterocycles. The van der Waals surface area contributed by atoms with E-state index in [2.05, 4.69) is 4.18 Å². The van der Waals surface area contributed by atoms with Crippen LogP contribution >= 0.6 is 0 Å². The zero-order valence-electron chi connectivity index (χ0n) is 10.3. The van der Waals surface area contributed by atoms with E-state index in [4.69, 9.17) is 9.29 Å². The molecule has 1 rings (SSSR count). The number of likely N-dealkylation sites (tertiary alicyclic amines) is 1. The van der Waals surface area contributed by atoms with Crippen molar-refractivity contribution in [3.8, 4) is 0 Å². The van der Waals surface area contributed by atoms with Crippen LogP contribution in [0.2, 0.25) is 0 Å². The van der Waals surface area contributed by atoms with Gasteiger partial charge in [0.05, 0.1) is 25.2 Å². The molecule has 0 aromatic carbocycles. The average Bonchev–Trinajstić information content (AvgIpc) is 2.54. The standard InChI is InChI=1S/C8H15NO8S2/c1-18(12,13)16-5-6-7(17-19(2,14)15)3-4-9(6)8(10)11/h6-7H,3-5H2,1-2H3,(H,10,11)/t6?,7-/m0/s1. The summed E-state index contributed by atoms with van der Waals surface area (Å²) in [6, 6.07) is -0.984. The molecule has 1 aliphatic heterocycles. The Labute approximate surface area is 111 Å². The number of hydrogen-bond acceptors (Lipinski definition) is 7. The monoisotopic (exact) mass is 317 g/mol. The normalized spacial score (nSPS) is 24.6. The summed E-state index contributed by atoms with van der Waals surface area (Å²) in [4.78, 5) is 11.9. The predicted octanol–water partition coefficient (Wildman–Crippen LogP) is -0.940. The first kappa shape index (κ1) is 16.1. The van der Waals surface area contributed by atoms with E-state index in [0.29, 0.717) is 0 Å². The Morgan fingerprint density at radius 2 is 1.84 bits per heavy atom. The number of carbonyl (C=O) groups is 1. The first-order valence-corrected chi connectivity index (χ1v) is 8.85. The van der Waals surface area contributed by atoms with Crippen molar-refractivity contribution in [1.82, 2.24) is 4.90 Å². The van der Waals surface area contributed by atoms with Crippen molar-refractivity contribution in [3.05, 3.63) is 0 Å². The van der Waals surface area contributed by atoms with Crippen LogP contribution in [0, 0.1) is 0 Å². The molecule has 0 saturated carbocycles. The molecule has 0 radical (unpaired) electrons. The summed E-state index contributed by atoms with van der Waals surface area (Å²) in [6.45, 7) is -0.432. The van der Waals surface area contributed by atoms with E-state index in [1.165, 1.54) is 0 Å². The molecule has 0 aromatic heterocycles. The van der Waals surface area contributed by atoms with Crippen LogP contribution in [-0.4, -0.2) is 70.7 Å². The Bertz CT molecular complexity index is 539. The number of rotatable bonds is 5. The lowest BCUT2D eigenvalue weighted by Gasteiger charge is -2.24. The lowest BCUT2D eigenvalue weighted by Crippen LogP contribution is -2.43. The second kappa shape index (κ2) is 5.61.